The van der Waals surface area contributed by atoms with Gasteiger partial charge in [0.2, 0.25) is 0 Å². The van der Waals surface area contributed by atoms with Gasteiger partial charge in [-0.15, -0.1) is 11.3 Å². The van der Waals surface area contributed by atoms with E-state index in [1.54, 1.807) is 0 Å². The molecule has 0 unspecified atom stereocenters. The third-order valence-corrected chi connectivity index (χ3v) is 3.44. The number of carbonyl (C=O) groups excluding carboxylic acids is 1. The lowest BCUT2D eigenvalue weighted by atomic mass is 10.0. The second kappa shape index (κ2) is 5.31. The van der Waals surface area contributed by atoms with Crippen molar-refractivity contribution in [3.05, 3.63) is 33.6 Å². The minimum absolute atomic E-state index is 0.509. The summed E-state index contributed by atoms with van der Waals surface area (Å²) in [6, 6.07) is 4.09. The fourth-order valence-electron chi connectivity index (χ4n) is 1.94. The molecule has 94 valence electrons. The maximum Gasteiger partial charge on any atom is 0.178 e. The number of aryl methyl sites for hydroxylation is 2. The van der Waals surface area contributed by atoms with Crippen molar-refractivity contribution in [2.75, 3.05) is 6.61 Å². The van der Waals surface area contributed by atoms with E-state index in [9.17, 15) is 4.79 Å². The normalized spacial score (nSPS) is 10.4. The first-order valence-electron chi connectivity index (χ1n) is 5.80. The standard InChI is InChI=1S/C14H15NO2S/c1-4-17-14-9(2)5-11(6-10(14)3)12-8-18-13(7-16)15-12/h5-8H,4H2,1-3H3. The molecule has 2 rings (SSSR count). The molecule has 0 radical (unpaired) electrons. The SMILES string of the molecule is CCOc1c(C)cc(-c2csc(C=O)n2)cc1C. The molecule has 2 aromatic rings. The fourth-order valence-corrected chi connectivity index (χ4v) is 2.57. The molecule has 0 bridgehead atoms. The minimum atomic E-state index is 0.509. The Labute approximate surface area is 110 Å². The van der Waals surface area contributed by atoms with E-state index in [0.29, 0.717) is 11.6 Å². The summed E-state index contributed by atoms with van der Waals surface area (Å²) in [5.41, 5.74) is 4.05. The Morgan fingerprint density at radius 2 is 2.00 bits per heavy atom. The summed E-state index contributed by atoms with van der Waals surface area (Å²) in [5, 5.41) is 2.41. The average Bonchev–Trinajstić information content (AvgIpc) is 2.82. The lowest BCUT2D eigenvalue weighted by Gasteiger charge is -2.12. The third kappa shape index (κ3) is 2.43. The molecule has 0 saturated heterocycles. The van der Waals surface area contributed by atoms with E-state index in [0.717, 1.165) is 34.4 Å². The Morgan fingerprint density at radius 1 is 1.33 bits per heavy atom. The predicted octanol–water partition coefficient (Wildman–Crippen LogP) is 3.64. The zero-order valence-corrected chi connectivity index (χ0v) is 11.5. The number of thiazole rings is 1. The van der Waals surface area contributed by atoms with Crippen molar-refractivity contribution in [3.63, 3.8) is 0 Å². The molecular weight excluding hydrogens is 246 g/mol. The van der Waals surface area contributed by atoms with Crippen LogP contribution in [0.4, 0.5) is 0 Å². The Bertz CT molecular complexity index is 552. The number of rotatable bonds is 4. The van der Waals surface area contributed by atoms with E-state index in [1.165, 1.54) is 11.3 Å². The number of aldehydes is 1. The molecule has 3 nitrogen and oxygen atoms in total. The number of hydrogen-bond acceptors (Lipinski definition) is 4. The highest BCUT2D eigenvalue weighted by Crippen LogP contribution is 2.30. The van der Waals surface area contributed by atoms with Crippen LogP contribution in [0.25, 0.3) is 11.3 Å². The zero-order chi connectivity index (χ0) is 13.1. The molecule has 0 N–H and O–H groups in total. The summed E-state index contributed by atoms with van der Waals surface area (Å²) >= 11 is 1.36. The Balaban J connectivity index is 2.43. The van der Waals surface area contributed by atoms with Crippen molar-refractivity contribution in [1.82, 2.24) is 4.98 Å². The van der Waals surface area contributed by atoms with Crippen LogP contribution >= 0.6 is 11.3 Å². The molecule has 0 aliphatic rings. The van der Waals surface area contributed by atoms with Crippen molar-refractivity contribution in [1.29, 1.82) is 0 Å². The van der Waals surface area contributed by atoms with Crippen molar-refractivity contribution in [2.45, 2.75) is 20.8 Å². The molecule has 0 aliphatic carbocycles. The van der Waals surface area contributed by atoms with E-state index in [1.807, 2.05) is 38.3 Å². The Morgan fingerprint density at radius 3 is 2.50 bits per heavy atom. The Kier molecular flexibility index (Phi) is 3.77. The van der Waals surface area contributed by atoms with Crippen LogP contribution in [-0.4, -0.2) is 17.9 Å². The first-order valence-corrected chi connectivity index (χ1v) is 6.68. The molecule has 0 aliphatic heterocycles. The van der Waals surface area contributed by atoms with E-state index in [4.69, 9.17) is 4.74 Å². The molecule has 4 heteroatoms. The highest BCUT2D eigenvalue weighted by atomic mass is 32.1. The number of ether oxygens (including phenoxy) is 1. The molecule has 0 saturated carbocycles. The fraction of sp³-hybridized carbons (Fsp3) is 0.286. The van der Waals surface area contributed by atoms with Crippen LogP contribution in [0.5, 0.6) is 5.75 Å². The van der Waals surface area contributed by atoms with Gasteiger partial charge in [0.15, 0.2) is 11.3 Å². The molecule has 1 heterocycles. The summed E-state index contributed by atoms with van der Waals surface area (Å²) in [6.45, 7) is 6.68. The van der Waals surface area contributed by atoms with Crippen LogP contribution in [0.15, 0.2) is 17.5 Å². The van der Waals surface area contributed by atoms with E-state index < -0.39 is 0 Å². The number of aromatic nitrogens is 1. The van der Waals surface area contributed by atoms with Crippen molar-refractivity contribution in [2.24, 2.45) is 0 Å². The summed E-state index contributed by atoms with van der Waals surface area (Å²) in [6.07, 6.45) is 0.780. The maximum absolute atomic E-state index is 10.7. The van der Waals surface area contributed by atoms with Gasteiger partial charge in [0.05, 0.1) is 12.3 Å². The minimum Gasteiger partial charge on any atom is -0.493 e. The highest BCUT2D eigenvalue weighted by molar-refractivity contribution is 7.11. The van der Waals surface area contributed by atoms with Gasteiger partial charge in [-0.05, 0) is 44.0 Å². The van der Waals surface area contributed by atoms with Gasteiger partial charge >= 0.3 is 0 Å². The zero-order valence-electron chi connectivity index (χ0n) is 10.7. The number of carbonyl (C=O) groups is 1. The lowest BCUT2D eigenvalue weighted by molar-refractivity contribution is 0.112. The van der Waals surface area contributed by atoms with Gasteiger partial charge in [0.25, 0.3) is 0 Å². The smallest absolute Gasteiger partial charge is 0.178 e. The van der Waals surface area contributed by atoms with Crippen molar-refractivity contribution in [3.8, 4) is 17.0 Å². The summed E-state index contributed by atoms with van der Waals surface area (Å²) < 4.78 is 5.61. The van der Waals surface area contributed by atoms with Gasteiger partial charge in [-0.3, -0.25) is 4.79 Å². The van der Waals surface area contributed by atoms with Crippen LogP contribution in [-0.2, 0) is 0 Å². The first-order chi connectivity index (χ1) is 8.65. The predicted molar refractivity (Wildman–Crippen MR) is 73.6 cm³/mol. The lowest BCUT2D eigenvalue weighted by Crippen LogP contribution is -1.97. The van der Waals surface area contributed by atoms with E-state index in [-0.39, 0.29) is 0 Å². The molecule has 1 aromatic carbocycles. The third-order valence-electron chi connectivity index (χ3n) is 2.67. The summed E-state index contributed by atoms with van der Waals surface area (Å²) in [5.74, 6) is 0.937. The molecule has 18 heavy (non-hydrogen) atoms. The highest BCUT2D eigenvalue weighted by Gasteiger charge is 2.09. The average molecular weight is 261 g/mol. The van der Waals surface area contributed by atoms with Crippen LogP contribution < -0.4 is 4.74 Å². The number of hydrogen-bond donors (Lipinski definition) is 0. The molecular formula is C14H15NO2S. The van der Waals surface area contributed by atoms with Gasteiger partial charge < -0.3 is 4.74 Å². The molecule has 0 amide bonds. The number of nitrogens with zero attached hydrogens (tertiary/aromatic N) is 1. The van der Waals surface area contributed by atoms with Gasteiger partial charge in [-0.1, -0.05) is 0 Å². The number of benzene rings is 1. The van der Waals surface area contributed by atoms with E-state index in [2.05, 4.69) is 4.98 Å². The summed E-state index contributed by atoms with van der Waals surface area (Å²) in [7, 11) is 0. The van der Waals surface area contributed by atoms with Crippen LogP contribution in [0.1, 0.15) is 27.9 Å². The Hall–Kier alpha value is -1.68. The monoisotopic (exact) mass is 261 g/mol. The van der Waals surface area contributed by atoms with E-state index >= 15 is 0 Å². The van der Waals surface area contributed by atoms with Gasteiger partial charge in [-0.25, -0.2) is 4.98 Å². The summed E-state index contributed by atoms with van der Waals surface area (Å²) in [4.78, 5) is 14.9. The maximum atomic E-state index is 10.7. The molecule has 0 atom stereocenters. The largest absolute Gasteiger partial charge is 0.493 e. The van der Waals surface area contributed by atoms with Gasteiger partial charge in [0, 0.05) is 10.9 Å². The second-order valence-electron chi connectivity index (χ2n) is 4.06. The molecule has 1 aromatic heterocycles. The first kappa shape index (κ1) is 12.8. The van der Waals surface area contributed by atoms with Gasteiger partial charge in [0.1, 0.15) is 5.75 Å². The van der Waals surface area contributed by atoms with Crippen molar-refractivity contribution < 1.29 is 9.53 Å². The molecule has 0 spiro atoms. The van der Waals surface area contributed by atoms with Crippen LogP contribution in [0.3, 0.4) is 0 Å². The van der Waals surface area contributed by atoms with Crippen molar-refractivity contribution >= 4 is 17.6 Å². The van der Waals surface area contributed by atoms with Crippen LogP contribution in [0, 0.1) is 13.8 Å². The quantitative estimate of drug-likeness (QED) is 0.789. The van der Waals surface area contributed by atoms with Crippen LogP contribution in [0.2, 0.25) is 0 Å². The second-order valence-corrected chi connectivity index (χ2v) is 4.95. The van der Waals surface area contributed by atoms with Gasteiger partial charge in [-0.2, -0.15) is 0 Å². The molecule has 0 fully saturated rings. The topological polar surface area (TPSA) is 39.2 Å².